The molecular formula is C17H18INO. The van der Waals surface area contributed by atoms with Crippen LogP contribution in [0.25, 0.3) is 0 Å². The molecule has 2 nitrogen and oxygen atoms in total. The van der Waals surface area contributed by atoms with Crippen LogP contribution in [0.4, 0.5) is 5.69 Å². The van der Waals surface area contributed by atoms with Crippen molar-refractivity contribution in [2.45, 2.75) is 25.7 Å². The van der Waals surface area contributed by atoms with Crippen LogP contribution in [0.2, 0.25) is 0 Å². The molecule has 2 aromatic rings. The lowest BCUT2D eigenvalue weighted by molar-refractivity contribution is -0.117. The van der Waals surface area contributed by atoms with Crippen LogP contribution < -0.4 is 5.32 Å². The number of carbonyl (C=O) groups is 1. The van der Waals surface area contributed by atoms with Gasteiger partial charge in [-0.15, -0.1) is 0 Å². The van der Waals surface area contributed by atoms with Gasteiger partial charge in [0.2, 0.25) is 5.91 Å². The number of carbonyl (C=O) groups excluding carboxylic acids is 1. The van der Waals surface area contributed by atoms with Crippen LogP contribution in [0.5, 0.6) is 0 Å². The summed E-state index contributed by atoms with van der Waals surface area (Å²) in [6.07, 6.45) is 1.85. The first-order valence-corrected chi connectivity index (χ1v) is 7.90. The molecule has 0 aliphatic carbocycles. The standard InChI is InChI=1S/C17H18INO/c1-2-6-16(13-7-4-3-5-8-13)17(20)19-15-11-9-14(18)10-12-15/h3-5,7-12,16H,2,6H2,1H3,(H,19,20)/t16-/m1/s1. The molecule has 0 aliphatic rings. The van der Waals surface area contributed by atoms with Gasteiger partial charge in [0.15, 0.2) is 0 Å². The molecule has 3 heteroatoms. The molecule has 1 atom stereocenters. The molecule has 0 unspecified atom stereocenters. The van der Waals surface area contributed by atoms with Crippen LogP contribution in [0.3, 0.4) is 0 Å². The Hall–Kier alpha value is -1.36. The average molecular weight is 379 g/mol. The molecule has 0 aliphatic heterocycles. The molecule has 0 radical (unpaired) electrons. The second-order valence-electron chi connectivity index (χ2n) is 4.75. The molecule has 20 heavy (non-hydrogen) atoms. The van der Waals surface area contributed by atoms with E-state index in [0.29, 0.717) is 0 Å². The zero-order chi connectivity index (χ0) is 14.4. The maximum atomic E-state index is 12.5. The van der Waals surface area contributed by atoms with Crippen molar-refractivity contribution in [3.05, 3.63) is 63.7 Å². The van der Waals surface area contributed by atoms with Crippen LogP contribution in [-0.2, 0) is 4.79 Å². The molecule has 0 aromatic heterocycles. The van der Waals surface area contributed by atoms with E-state index >= 15 is 0 Å². The number of anilines is 1. The van der Waals surface area contributed by atoms with Gasteiger partial charge >= 0.3 is 0 Å². The van der Waals surface area contributed by atoms with Gasteiger partial charge in [0, 0.05) is 9.26 Å². The fourth-order valence-electron chi connectivity index (χ4n) is 2.19. The number of halogens is 1. The van der Waals surface area contributed by atoms with Gasteiger partial charge in [-0.3, -0.25) is 4.79 Å². The number of rotatable bonds is 5. The first-order valence-electron chi connectivity index (χ1n) is 6.82. The van der Waals surface area contributed by atoms with E-state index in [1.165, 1.54) is 0 Å². The van der Waals surface area contributed by atoms with Crippen molar-refractivity contribution in [2.75, 3.05) is 5.32 Å². The first kappa shape index (κ1) is 15.0. The van der Waals surface area contributed by atoms with Crippen molar-refractivity contribution >= 4 is 34.2 Å². The van der Waals surface area contributed by atoms with Gasteiger partial charge in [0.1, 0.15) is 0 Å². The van der Waals surface area contributed by atoms with Crippen molar-refractivity contribution < 1.29 is 4.79 Å². The fourth-order valence-corrected chi connectivity index (χ4v) is 2.55. The third kappa shape index (κ3) is 4.07. The summed E-state index contributed by atoms with van der Waals surface area (Å²) in [6, 6.07) is 17.8. The van der Waals surface area contributed by atoms with Crippen LogP contribution >= 0.6 is 22.6 Å². The summed E-state index contributed by atoms with van der Waals surface area (Å²) in [4.78, 5) is 12.5. The summed E-state index contributed by atoms with van der Waals surface area (Å²) in [5.74, 6) is -0.0141. The second kappa shape index (κ2) is 7.43. The van der Waals surface area contributed by atoms with Gasteiger partial charge < -0.3 is 5.32 Å². The number of benzene rings is 2. The van der Waals surface area contributed by atoms with Crippen molar-refractivity contribution in [3.8, 4) is 0 Å². The molecule has 1 amide bonds. The van der Waals surface area contributed by atoms with E-state index in [2.05, 4.69) is 34.8 Å². The highest BCUT2D eigenvalue weighted by molar-refractivity contribution is 14.1. The van der Waals surface area contributed by atoms with E-state index in [0.717, 1.165) is 27.7 Å². The second-order valence-corrected chi connectivity index (χ2v) is 5.99. The Morgan fingerprint density at radius 1 is 1.10 bits per heavy atom. The molecule has 1 N–H and O–H groups in total. The van der Waals surface area contributed by atoms with E-state index < -0.39 is 0 Å². The first-order chi connectivity index (χ1) is 9.70. The summed E-state index contributed by atoms with van der Waals surface area (Å²) in [7, 11) is 0. The zero-order valence-corrected chi connectivity index (χ0v) is 13.6. The van der Waals surface area contributed by atoms with E-state index in [1.807, 2.05) is 54.6 Å². The smallest absolute Gasteiger partial charge is 0.231 e. The average Bonchev–Trinajstić information content (AvgIpc) is 2.48. The molecule has 2 rings (SSSR count). The lowest BCUT2D eigenvalue weighted by Gasteiger charge is -2.16. The summed E-state index contributed by atoms with van der Waals surface area (Å²) in [6.45, 7) is 2.11. The molecule has 0 heterocycles. The quantitative estimate of drug-likeness (QED) is 0.742. The van der Waals surface area contributed by atoms with E-state index in [4.69, 9.17) is 0 Å². The topological polar surface area (TPSA) is 29.1 Å². The number of nitrogens with one attached hydrogen (secondary N) is 1. The molecule has 104 valence electrons. The minimum Gasteiger partial charge on any atom is -0.326 e. The van der Waals surface area contributed by atoms with Gasteiger partial charge in [0.25, 0.3) is 0 Å². The minimum absolute atomic E-state index is 0.0688. The Kier molecular flexibility index (Phi) is 5.59. The Bertz CT molecular complexity index is 551. The Morgan fingerprint density at radius 2 is 1.75 bits per heavy atom. The van der Waals surface area contributed by atoms with Gasteiger partial charge in [-0.1, -0.05) is 43.7 Å². The SMILES string of the molecule is CCC[C@@H](C(=O)Nc1ccc(I)cc1)c1ccccc1. The maximum Gasteiger partial charge on any atom is 0.231 e. The molecular weight excluding hydrogens is 361 g/mol. The molecule has 0 saturated carbocycles. The molecule has 0 spiro atoms. The van der Waals surface area contributed by atoms with E-state index in [-0.39, 0.29) is 11.8 Å². The van der Waals surface area contributed by atoms with Crippen molar-refractivity contribution in [2.24, 2.45) is 0 Å². The van der Waals surface area contributed by atoms with Gasteiger partial charge in [0.05, 0.1) is 5.92 Å². The predicted molar refractivity (Wildman–Crippen MR) is 91.9 cm³/mol. The third-order valence-electron chi connectivity index (χ3n) is 3.21. The normalized spacial score (nSPS) is 11.9. The van der Waals surface area contributed by atoms with Crippen LogP contribution in [-0.4, -0.2) is 5.91 Å². The minimum atomic E-state index is -0.0829. The van der Waals surface area contributed by atoms with Crippen LogP contribution in [0.1, 0.15) is 31.2 Å². The summed E-state index contributed by atoms with van der Waals surface area (Å²) in [5, 5.41) is 3.01. The Morgan fingerprint density at radius 3 is 2.35 bits per heavy atom. The predicted octanol–water partition coefficient (Wildman–Crippen LogP) is 4.81. The van der Waals surface area contributed by atoms with E-state index in [1.54, 1.807) is 0 Å². The lowest BCUT2D eigenvalue weighted by Crippen LogP contribution is -2.21. The highest BCUT2D eigenvalue weighted by atomic mass is 127. The maximum absolute atomic E-state index is 12.5. The van der Waals surface area contributed by atoms with E-state index in [9.17, 15) is 4.79 Å². The molecule has 0 saturated heterocycles. The monoisotopic (exact) mass is 379 g/mol. The highest BCUT2D eigenvalue weighted by Gasteiger charge is 2.19. The number of amides is 1. The molecule has 0 bridgehead atoms. The Labute approximate surface area is 133 Å². The number of hydrogen-bond acceptors (Lipinski definition) is 1. The van der Waals surface area contributed by atoms with Crippen molar-refractivity contribution in [1.29, 1.82) is 0 Å². The van der Waals surface area contributed by atoms with Crippen molar-refractivity contribution in [1.82, 2.24) is 0 Å². The van der Waals surface area contributed by atoms with Gasteiger partial charge in [-0.05, 0) is 58.8 Å². The number of hydrogen-bond donors (Lipinski definition) is 1. The van der Waals surface area contributed by atoms with Crippen molar-refractivity contribution in [3.63, 3.8) is 0 Å². The molecule has 2 aromatic carbocycles. The van der Waals surface area contributed by atoms with Crippen LogP contribution in [0.15, 0.2) is 54.6 Å². The lowest BCUT2D eigenvalue weighted by atomic mass is 9.93. The highest BCUT2D eigenvalue weighted by Crippen LogP contribution is 2.23. The summed E-state index contributed by atoms with van der Waals surface area (Å²) >= 11 is 2.25. The van der Waals surface area contributed by atoms with Gasteiger partial charge in [-0.2, -0.15) is 0 Å². The fraction of sp³-hybridized carbons (Fsp3) is 0.235. The molecule has 0 fully saturated rings. The largest absolute Gasteiger partial charge is 0.326 e. The Balaban J connectivity index is 2.13. The summed E-state index contributed by atoms with van der Waals surface area (Å²) < 4.78 is 1.16. The zero-order valence-electron chi connectivity index (χ0n) is 11.5. The van der Waals surface area contributed by atoms with Gasteiger partial charge in [-0.25, -0.2) is 0 Å². The van der Waals surface area contributed by atoms with Crippen LogP contribution in [0, 0.1) is 3.57 Å². The summed E-state index contributed by atoms with van der Waals surface area (Å²) in [5.41, 5.74) is 1.94. The third-order valence-corrected chi connectivity index (χ3v) is 3.93.